The molecule has 3 aromatic rings. The van der Waals surface area contributed by atoms with Crippen LogP contribution in [0.4, 0.5) is 5.69 Å². The van der Waals surface area contributed by atoms with E-state index in [1.807, 2.05) is 54.8 Å². The van der Waals surface area contributed by atoms with Crippen molar-refractivity contribution in [2.75, 3.05) is 11.9 Å². The summed E-state index contributed by atoms with van der Waals surface area (Å²) < 4.78 is 0. The standard InChI is InChI=1S/C22H20ClN3O2S/c1-14-24-20(13-29-14)15-6-8-18(9-7-15)25-22(28)17-10-21(27)26(12-17)11-16-4-2-3-5-19(16)23/h2-9,13,17H,10-12H2,1H3,(H,25,28). The van der Waals surface area contributed by atoms with Gasteiger partial charge in [0.2, 0.25) is 11.8 Å². The van der Waals surface area contributed by atoms with Crippen molar-refractivity contribution >= 4 is 40.4 Å². The highest BCUT2D eigenvalue weighted by atomic mass is 35.5. The van der Waals surface area contributed by atoms with E-state index in [-0.39, 0.29) is 24.2 Å². The van der Waals surface area contributed by atoms with E-state index in [9.17, 15) is 9.59 Å². The highest BCUT2D eigenvalue weighted by molar-refractivity contribution is 7.09. The molecular weight excluding hydrogens is 406 g/mol. The van der Waals surface area contributed by atoms with Gasteiger partial charge in [-0.3, -0.25) is 9.59 Å². The molecule has 1 N–H and O–H groups in total. The van der Waals surface area contributed by atoms with Crippen molar-refractivity contribution in [2.24, 2.45) is 5.92 Å². The number of thiazole rings is 1. The van der Waals surface area contributed by atoms with Crippen LogP contribution >= 0.6 is 22.9 Å². The topological polar surface area (TPSA) is 62.3 Å². The number of hydrogen-bond donors (Lipinski definition) is 1. The third kappa shape index (κ3) is 4.49. The predicted molar refractivity (Wildman–Crippen MR) is 116 cm³/mol. The fourth-order valence-electron chi connectivity index (χ4n) is 3.40. The average molecular weight is 426 g/mol. The quantitative estimate of drug-likeness (QED) is 0.641. The zero-order valence-corrected chi connectivity index (χ0v) is 17.5. The maximum Gasteiger partial charge on any atom is 0.229 e. The lowest BCUT2D eigenvalue weighted by atomic mass is 10.1. The molecule has 1 atom stereocenters. The number of nitrogens with zero attached hydrogens (tertiary/aromatic N) is 2. The van der Waals surface area contributed by atoms with Crippen LogP contribution in [0.1, 0.15) is 17.0 Å². The van der Waals surface area contributed by atoms with Gasteiger partial charge in [0.05, 0.1) is 16.6 Å². The summed E-state index contributed by atoms with van der Waals surface area (Å²) in [6.45, 7) is 2.79. The Morgan fingerprint density at radius 2 is 2.00 bits per heavy atom. The first-order valence-electron chi connectivity index (χ1n) is 9.34. The van der Waals surface area contributed by atoms with E-state index in [2.05, 4.69) is 10.3 Å². The Kier molecular flexibility index (Phi) is 5.65. The summed E-state index contributed by atoms with van der Waals surface area (Å²) >= 11 is 7.80. The lowest BCUT2D eigenvalue weighted by molar-refractivity contribution is -0.128. The smallest absolute Gasteiger partial charge is 0.229 e. The number of nitrogens with one attached hydrogen (secondary N) is 1. The molecule has 29 heavy (non-hydrogen) atoms. The molecule has 1 aliphatic heterocycles. The molecule has 0 saturated carbocycles. The van der Waals surface area contributed by atoms with Crippen LogP contribution < -0.4 is 5.32 Å². The van der Waals surface area contributed by atoms with Gasteiger partial charge in [-0.2, -0.15) is 0 Å². The zero-order valence-electron chi connectivity index (χ0n) is 15.9. The Labute approximate surface area is 178 Å². The van der Waals surface area contributed by atoms with Gasteiger partial charge in [0.15, 0.2) is 0 Å². The minimum Gasteiger partial charge on any atom is -0.337 e. The van der Waals surface area contributed by atoms with Crippen LogP contribution in [-0.4, -0.2) is 28.2 Å². The normalized spacial score (nSPS) is 16.3. The molecule has 1 unspecified atom stereocenters. The van der Waals surface area contributed by atoms with Crippen molar-refractivity contribution in [3.8, 4) is 11.3 Å². The molecule has 1 saturated heterocycles. The van der Waals surface area contributed by atoms with E-state index >= 15 is 0 Å². The Bertz CT molecular complexity index is 1050. The summed E-state index contributed by atoms with van der Waals surface area (Å²) in [6.07, 6.45) is 0.215. The molecular formula is C22H20ClN3O2S. The largest absolute Gasteiger partial charge is 0.337 e. The number of likely N-dealkylation sites (tertiary alicyclic amines) is 1. The van der Waals surface area contributed by atoms with Gasteiger partial charge < -0.3 is 10.2 Å². The van der Waals surface area contributed by atoms with E-state index in [1.165, 1.54) is 0 Å². The van der Waals surface area contributed by atoms with Crippen LogP contribution in [0, 0.1) is 12.8 Å². The lowest BCUT2D eigenvalue weighted by Crippen LogP contribution is -2.28. The van der Waals surface area contributed by atoms with Crippen LogP contribution in [0.3, 0.4) is 0 Å². The second-order valence-corrected chi connectivity index (χ2v) is 8.55. The zero-order chi connectivity index (χ0) is 20.4. The monoisotopic (exact) mass is 425 g/mol. The van der Waals surface area contributed by atoms with Gasteiger partial charge in [0.25, 0.3) is 0 Å². The number of aromatic nitrogens is 1. The maximum absolute atomic E-state index is 12.7. The van der Waals surface area contributed by atoms with E-state index in [4.69, 9.17) is 11.6 Å². The number of amides is 2. The van der Waals surface area contributed by atoms with E-state index in [0.29, 0.717) is 23.8 Å². The predicted octanol–water partition coefficient (Wildman–Crippen LogP) is 4.76. The second kappa shape index (κ2) is 8.35. The van der Waals surface area contributed by atoms with Crippen LogP contribution in [0.5, 0.6) is 0 Å². The number of halogens is 1. The SMILES string of the molecule is Cc1nc(-c2ccc(NC(=O)C3CC(=O)N(Cc4ccccc4Cl)C3)cc2)cs1. The first kappa shape index (κ1) is 19.6. The molecule has 2 heterocycles. The molecule has 2 aromatic carbocycles. The van der Waals surface area contributed by atoms with Gasteiger partial charge in [0.1, 0.15) is 0 Å². The average Bonchev–Trinajstić information content (AvgIpc) is 3.30. The fourth-order valence-corrected chi connectivity index (χ4v) is 4.22. The fraction of sp³-hybridized carbons (Fsp3) is 0.227. The number of anilines is 1. The summed E-state index contributed by atoms with van der Waals surface area (Å²) in [5, 5.41) is 6.58. The molecule has 0 bridgehead atoms. The molecule has 148 valence electrons. The highest BCUT2D eigenvalue weighted by Gasteiger charge is 2.34. The Morgan fingerprint density at radius 1 is 1.24 bits per heavy atom. The third-order valence-electron chi connectivity index (χ3n) is 4.97. The van der Waals surface area contributed by atoms with Crippen molar-refractivity contribution in [3.63, 3.8) is 0 Å². The first-order valence-corrected chi connectivity index (χ1v) is 10.6. The number of carbonyl (C=O) groups excluding carboxylic acids is 2. The van der Waals surface area contributed by atoms with Crippen molar-refractivity contribution in [1.29, 1.82) is 0 Å². The molecule has 0 spiro atoms. The summed E-state index contributed by atoms with van der Waals surface area (Å²) in [5.41, 5.74) is 3.54. The molecule has 4 rings (SSSR count). The minimum atomic E-state index is -0.370. The summed E-state index contributed by atoms with van der Waals surface area (Å²) in [4.78, 5) is 31.2. The molecule has 7 heteroatoms. The van der Waals surface area contributed by atoms with Crippen LogP contribution in [0.2, 0.25) is 5.02 Å². The molecule has 0 radical (unpaired) electrons. The van der Waals surface area contributed by atoms with Crippen LogP contribution in [-0.2, 0) is 16.1 Å². The Balaban J connectivity index is 1.37. The molecule has 2 amide bonds. The van der Waals surface area contributed by atoms with Crippen molar-refractivity contribution in [3.05, 3.63) is 69.5 Å². The number of benzene rings is 2. The van der Waals surface area contributed by atoms with Gasteiger partial charge in [-0.05, 0) is 30.7 Å². The summed E-state index contributed by atoms with van der Waals surface area (Å²) in [5.74, 6) is -0.539. The first-order chi connectivity index (χ1) is 14.0. The number of aryl methyl sites for hydroxylation is 1. The van der Waals surface area contributed by atoms with Crippen molar-refractivity contribution in [1.82, 2.24) is 9.88 Å². The molecule has 1 aliphatic rings. The minimum absolute atomic E-state index is 0.0284. The lowest BCUT2D eigenvalue weighted by Gasteiger charge is -2.17. The van der Waals surface area contributed by atoms with Gasteiger partial charge in [-0.1, -0.05) is 41.9 Å². The number of carbonyl (C=O) groups is 2. The Morgan fingerprint density at radius 3 is 2.69 bits per heavy atom. The Hall–Kier alpha value is -2.70. The molecule has 0 aliphatic carbocycles. The second-order valence-electron chi connectivity index (χ2n) is 7.09. The maximum atomic E-state index is 12.7. The molecule has 5 nitrogen and oxygen atoms in total. The van der Waals surface area contributed by atoms with Crippen molar-refractivity contribution in [2.45, 2.75) is 19.9 Å². The number of hydrogen-bond acceptors (Lipinski definition) is 4. The molecule has 1 aromatic heterocycles. The number of rotatable bonds is 5. The van der Waals surface area contributed by atoms with Crippen molar-refractivity contribution < 1.29 is 9.59 Å². The highest BCUT2D eigenvalue weighted by Crippen LogP contribution is 2.26. The third-order valence-corrected chi connectivity index (χ3v) is 6.11. The van der Waals surface area contributed by atoms with Gasteiger partial charge in [-0.25, -0.2) is 4.98 Å². The van der Waals surface area contributed by atoms with E-state index < -0.39 is 0 Å². The van der Waals surface area contributed by atoms with Gasteiger partial charge >= 0.3 is 0 Å². The summed E-state index contributed by atoms with van der Waals surface area (Å²) in [7, 11) is 0. The van der Waals surface area contributed by atoms with E-state index in [1.54, 1.807) is 22.3 Å². The van der Waals surface area contributed by atoms with Gasteiger partial charge in [0, 0.05) is 41.2 Å². The van der Waals surface area contributed by atoms with E-state index in [0.717, 1.165) is 21.8 Å². The van der Waals surface area contributed by atoms with Crippen LogP contribution in [0.15, 0.2) is 53.9 Å². The van der Waals surface area contributed by atoms with Crippen LogP contribution in [0.25, 0.3) is 11.3 Å². The molecule has 1 fully saturated rings. The summed E-state index contributed by atoms with van der Waals surface area (Å²) in [6, 6.07) is 15.0. The van der Waals surface area contributed by atoms with Gasteiger partial charge in [-0.15, -0.1) is 11.3 Å².